The number of rotatable bonds is 17. The van der Waals surface area contributed by atoms with Crippen molar-refractivity contribution in [1.29, 1.82) is 0 Å². The van der Waals surface area contributed by atoms with Crippen molar-refractivity contribution in [2.75, 3.05) is 5.75 Å². The van der Waals surface area contributed by atoms with Crippen molar-refractivity contribution in [3.8, 4) is 0 Å². The van der Waals surface area contributed by atoms with E-state index in [2.05, 4.69) is 25.3 Å². The second kappa shape index (κ2) is 20.1. The maximum Gasteiger partial charge on any atom is -0.00546 e. The maximum atomic E-state index is 2.34. The van der Waals surface area contributed by atoms with Crippen molar-refractivity contribution in [2.24, 2.45) is 0 Å². The number of unbranched alkanes of at least 4 members (excludes halogenated alkanes) is 14. The van der Waals surface area contributed by atoms with E-state index in [0.717, 1.165) is 0 Å². The molecule has 0 heterocycles. The summed E-state index contributed by atoms with van der Waals surface area (Å²) in [5.74, 6) is 1.20. The second-order valence-electron chi connectivity index (χ2n) is 6.21. The topological polar surface area (TPSA) is 0 Å². The Balaban J connectivity index is 2.96. The number of thioether (sulfide) groups is 1. The van der Waals surface area contributed by atoms with Gasteiger partial charge in [-0.25, -0.2) is 0 Å². The van der Waals surface area contributed by atoms with Crippen molar-refractivity contribution >= 4 is 11.8 Å². The fraction of sp³-hybridized carbons (Fsp3) is 0.900. The third kappa shape index (κ3) is 20.1. The van der Waals surface area contributed by atoms with Crippen LogP contribution in [0.2, 0.25) is 0 Å². The van der Waals surface area contributed by atoms with Gasteiger partial charge >= 0.3 is 0 Å². The quantitative estimate of drug-likeness (QED) is 0.244. The predicted molar refractivity (Wildman–Crippen MR) is 102 cm³/mol. The Labute approximate surface area is 139 Å². The van der Waals surface area contributed by atoms with Crippen LogP contribution in [0.3, 0.4) is 0 Å². The molecule has 0 atom stereocenters. The third-order valence-corrected chi connectivity index (χ3v) is 4.80. The fourth-order valence-electron chi connectivity index (χ4n) is 2.69. The highest BCUT2D eigenvalue weighted by molar-refractivity contribution is 8.02. The molecule has 0 aromatic carbocycles. The Morgan fingerprint density at radius 2 is 1.00 bits per heavy atom. The largest absolute Gasteiger partial charge is 0.135 e. The molecular weight excluding hydrogens is 272 g/mol. The Bertz CT molecular complexity index is 198. The summed E-state index contributed by atoms with van der Waals surface area (Å²) in [6.07, 6.45) is 23.9. The van der Waals surface area contributed by atoms with Gasteiger partial charge in [0.25, 0.3) is 0 Å². The van der Waals surface area contributed by atoms with Gasteiger partial charge in [-0.2, -0.15) is 0 Å². The average molecular weight is 313 g/mol. The first-order valence-electron chi connectivity index (χ1n) is 9.68. The molecule has 0 aliphatic carbocycles. The van der Waals surface area contributed by atoms with Crippen LogP contribution in [0.4, 0.5) is 0 Å². The molecule has 0 amide bonds. The molecule has 0 N–H and O–H groups in total. The van der Waals surface area contributed by atoms with Crippen LogP contribution in [0.25, 0.3) is 0 Å². The van der Waals surface area contributed by atoms with Gasteiger partial charge < -0.3 is 0 Å². The minimum absolute atomic E-state index is 1.20. The molecule has 1 heteroatoms. The molecule has 0 bridgehead atoms. The highest BCUT2D eigenvalue weighted by atomic mass is 32.2. The lowest BCUT2D eigenvalue weighted by atomic mass is 10.0. The highest BCUT2D eigenvalue weighted by Gasteiger charge is 1.93. The summed E-state index contributed by atoms with van der Waals surface area (Å²) < 4.78 is 0. The van der Waals surface area contributed by atoms with Crippen LogP contribution in [-0.2, 0) is 0 Å². The smallest absolute Gasteiger partial charge is 0.00546 e. The summed E-state index contributed by atoms with van der Waals surface area (Å²) in [4.78, 5) is 0. The summed E-state index contributed by atoms with van der Waals surface area (Å²) in [6, 6.07) is 0. The SMILES string of the molecule is CCCCCCCCCCCCCCCCC=CSCC. The minimum atomic E-state index is 1.20. The summed E-state index contributed by atoms with van der Waals surface area (Å²) in [5, 5.41) is 2.27. The van der Waals surface area contributed by atoms with Gasteiger partial charge in [0.05, 0.1) is 0 Å². The third-order valence-electron chi connectivity index (χ3n) is 4.08. The van der Waals surface area contributed by atoms with Crippen molar-refractivity contribution < 1.29 is 0 Å². The molecular formula is C20H40S. The Hall–Kier alpha value is 0.0900. The average Bonchev–Trinajstić information content (AvgIpc) is 2.50. The zero-order chi connectivity index (χ0) is 15.4. The molecule has 0 aromatic rings. The van der Waals surface area contributed by atoms with Gasteiger partial charge in [0.1, 0.15) is 0 Å². The number of allylic oxidation sites excluding steroid dienone is 1. The van der Waals surface area contributed by atoms with Crippen LogP contribution < -0.4 is 0 Å². The van der Waals surface area contributed by atoms with Gasteiger partial charge in [-0.3, -0.25) is 0 Å². The van der Waals surface area contributed by atoms with Crippen LogP contribution in [0.1, 0.15) is 110 Å². The first-order valence-corrected chi connectivity index (χ1v) is 10.7. The molecule has 0 aliphatic rings. The second-order valence-corrected chi connectivity index (χ2v) is 7.39. The summed E-state index contributed by atoms with van der Waals surface area (Å²) in [6.45, 7) is 4.50. The van der Waals surface area contributed by atoms with E-state index in [9.17, 15) is 0 Å². The first kappa shape index (κ1) is 21.1. The highest BCUT2D eigenvalue weighted by Crippen LogP contribution is 2.13. The van der Waals surface area contributed by atoms with E-state index >= 15 is 0 Å². The van der Waals surface area contributed by atoms with Crippen molar-refractivity contribution in [3.05, 3.63) is 11.5 Å². The summed E-state index contributed by atoms with van der Waals surface area (Å²) in [5.41, 5.74) is 0. The Kier molecular flexibility index (Phi) is 20.2. The van der Waals surface area contributed by atoms with E-state index in [1.165, 1.54) is 102 Å². The molecule has 126 valence electrons. The van der Waals surface area contributed by atoms with Crippen LogP contribution in [-0.4, -0.2) is 5.75 Å². The van der Waals surface area contributed by atoms with E-state index in [4.69, 9.17) is 0 Å². The van der Waals surface area contributed by atoms with Gasteiger partial charge in [0, 0.05) is 0 Å². The molecule has 0 fully saturated rings. The molecule has 0 unspecified atom stereocenters. The molecule has 21 heavy (non-hydrogen) atoms. The van der Waals surface area contributed by atoms with Gasteiger partial charge in [-0.1, -0.05) is 103 Å². The lowest BCUT2D eigenvalue weighted by molar-refractivity contribution is 0.536. The normalized spacial score (nSPS) is 11.5. The zero-order valence-electron chi connectivity index (χ0n) is 14.9. The lowest BCUT2D eigenvalue weighted by Crippen LogP contribution is -1.83. The first-order chi connectivity index (χ1) is 10.4. The molecule has 0 radical (unpaired) electrons. The van der Waals surface area contributed by atoms with Gasteiger partial charge in [0.2, 0.25) is 0 Å². The van der Waals surface area contributed by atoms with E-state index in [1.54, 1.807) is 0 Å². The van der Waals surface area contributed by atoms with Crippen LogP contribution in [0, 0.1) is 0 Å². The van der Waals surface area contributed by atoms with E-state index < -0.39 is 0 Å². The summed E-state index contributed by atoms with van der Waals surface area (Å²) in [7, 11) is 0. The molecule has 0 spiro atoms. The standard InChI is InChI=1S/C20H40S/c1-3-5-6-7-8-9-10-11-12-13-14-15-16-17-18-19-20-21-4-2/h19-20H,3-18H2,1-2H3. The van der Waals surface area contributed by atoms with E-state index in [1.807, 2.05) is 11.8 Å². The van der Waals surface area contributed by atoms with Gasteiger partial charge in [-0.15, -0.1) is 11.8 Å². The van der Waals surface area contributed by atoms with Gasteiger partial charge in [-0.05, 0) is 24.0 Å². The predicted octanol–water partition coefficient (Wildman–Crippen LogP) is 8.12. The molecule has 0 saturated carbocycles. The maximum absolute atomic E-state index is 2.34. The monoisotopic (exact) mass is 312 g/mol. The minimum Gasteiger partial charge on any atom is -0.135 e. The fourth-order valence-corrected chi connectivity index (χ4v) is 3.15. The van der Waals surface area contributed by atoms with Crippen LogP contribution >= 0.6 is 11.8 Å². The summed E-state index contributed by atoms with van der Waals surface area (Å²) >= 11 is 1.91. The van der Waals surface area contributed by atoms with Crippen LogP contribution in [0.5, 0.6) is 0 Å². The Morgan fingerprint density at radius 3 is 1.43 bits per heavy atom. The molecule has 0 aliphatic heterocycles. The Morgan fingerprint density at radius 1 is 0.571 bits per heavy atom. The zero-order valence-corrected chi connectivity index (χ0v) is 15.7. The van der Waals surface area contributed by atoms with Crippen molar-refractivity contribution in [2.45, 2.75) is 110 Å². The molecule has 0 aromatic heterocycles. The van der Waals surface area contributed by atoms with E-state index in [0.29, 0.717) is 0 Å². The molecule has 0 nitrogen and oxygen atoms in total. The van der Waals surface area contributed by atoms with Gasteiger partial charge in [0.15, 0.2) is 0 Å². The van der Waals surface area contributed by atoms with Crippen molar-refractivity contribution in [3.63, 3.8) is 0 Å². The van der Waals surface area contributed by atoms with E-state index in [-0.39, 0.29) is 0 Å². The molecule has 0 rings (SSSR count). The van der Waals surface area contributed by atoms with Crippen molar-refractivity contribution in [1.82, 2.24) is 0 Å². The van der Waals surface area contributed by atoms with Crippen LogP contribution in [0.15, 0.2) is 11.5 Å². The lowest BCUT2D eigenvalue weighted by Gasteiger charge is -2.02. The molecule has 0 saturated heterocycles. The number of hydrogen-bond acceptors (Lipinski definition) is 1. The number of hydrogen-bond donors (Lipinski definition) is 0.